The van der Waals surface area contributed by atoms with Crippen molar-refractivity contribution in [3.05, 3.63) is 18.0 Å². The Bertz CT molecular complexity index is 689. The normalized spacial score (nSPS) is 25.9. The number of piperidine rings is 2. The summed E-state index contributed by atoms with van der Waals surface area (Å²) in [5.74, 6) is 1.63. The van der Waals surface area contributed by atoms with E-state index in [9.17, 15) is 0 Å². The summed E-state index contributed by atoms with van der Waals surface area (Å²) in [6, 6.07) is 0. The van der Waals surface area contributed by atoms with E-state index in [0.29, 0.717) is 5.92 Å². The minimum Gasteiger partial charge on any atom is -0.354 e. The van der Waals surface area contributed by atoms with Crippen molar-refractivity contribution in [2.24, 2.45) is 12.0 Å². The number of guanidine groups is 1. The number of aryl methyl sites for hydroxylation is 1. The molecule has 8 heteroatoms. The SMILES string of the molecule is CN=C(NCC1(N2CCCCC2)CCN(C)CC1)N1CCC(c2cnn(C)c2)C1.I. The lowest BCUT2D eigenvalue weighted by atomic mass is 9.84. The van der Waals surface area contributed by atoms with E-state index in [-0.39, 0.29) is 29.5 Å². The Balaban J connectivity index is 0.00000256. The van der Waals surface area contributed by atoms with Gasteiger partial charge in [0.25, 0.3) is 0 Å². The maximum atomic E-state index is 4.66. The molecular weight excluding hydrogens is 489 g/mol. The topological polar surface area (TPSA) is 51.9 Å². The lowest BCUT2D eigenvalue weighted by Gasteiger charge is -2.50. The van der Waals surface area contributed by atoms with Crippen LogP contribution < -0.4 is 5.32 Å². The summed E-state index contributed by atoms with van der Waals surface area (Å²) in [7, 11) is 6.19. The molecule has 1 N–H and O–H groups in total. The fourth-order valence-corrected chi connectivity index (χ4v) is 5.46. The molecule has 4 heterocycles. The molecule has 1 aromatic rings. The van der Waals surface area contributed by atoms with E-state index < -0.39 is 0 Å². The first-order valence-electron chi connectivity index (χ1n) is 11.5. The fraction of sp³-hybridized carbons (Fsp3) is 0.818. The van der Waals surface area contributed by atoms with Gasteiger partial charge in [-0.1, -0.05) is 6.42 Å². The number of halogens is 1. The van der Waals surface area contributed by atoms with Crippen molar-refractivity contribution in [1.29, 1.82) is 0 Å². The highest BCUT2D eigenvalue weighted by Crippen LogP contribution is 2.31. The van der Waals surface area contributed by atoms with Crippen LogP contribution in [0.25, 0.3) is 0 Å². The lowest BCUT2D eigenvalue weighted by Crippen LogP contribution is -2.62. The van der Waals surface area contributed by atoms with E-state index in [4.69, 9.17) is 0 Å². The van der Waals surface area contributed by atoms with Crippen molar-refractivity contribution in [2.45, 2.75) is 50.0 Å². The first-order chi connectivity index (χ1) is 14.1. The first-order valence-corrected chi connectivity index (χ1v) is 11.5. The van der Waals surface area contributed by atoms with Gasteiger partial charge in [0.2, 0.25) is 0 Å². The summed E-state index contributed by atoms with van der Waals surface area (Å²) in [6.07, 6.45) is 12.0. The smallest absolute Gasteiger partial charge is 0.193 e. The molecule has 0 amide bonds. The molecule has 0 spiro atoms. The minimum atomic E-state index is 0. The van der Waals surface area contributed by atoms with Crippen LogP contribution in [0.4, 0.5) is 0 Å². The number of rotatable bonds is 4. The molecule has 0 bridgehead atoms. The van der Waals surface area contributed by atoms with E-state index in [2.05, 4.69) is 43.4 Å². The van der Waals surface area contributed by atoms with Crippen molar-refractivity contribution in [2.75, 3.05) is 59.9 Å². The molecule has 3 aliphatic rings. The van der Waals surface area contributed by atoms with Crippen LogP contribution in [0, 0.1) is 0 Å². The van der Waals surface area contributed by atoms with E-state index in [1.54, 1.807) is 0 Å². The van der Waals surface area contributed by atoms with Gasteiger partial charge in [0.1, 0.15) is 0 Å². The number of hydrogen-bond acceptors (Lipinski definition) is 4. The maximum absolute atomic E-state index is 4.66. The Morgan fingerprint density at radius 1 is 1.13 bits per heavy atom. The van der Waals surface area contributed by atoms with Gasteiger partial charge in [-0.3, -0.25) is 14.6 Å². The van der Waals surface area contributed by atoms with Crippen molar-refractivity contribution in [3.8, 4) is 0 Å². The predicted molar refractivity (Wildman–Crippen MR) is 134 cm³/mol. The molecular formula is C22H40IN7. The summed E-state index contributed by atoms with van der Waals surface area (Å²) in [4.78, 5) is 12.4. The van der Waals surface area contributed by atoms with E-state index in [0.717, 1.165) is 25.6 Å². The number of nitrogens with one attached hydrogen (secondary N) is 1. The number of aliphatic imine (C=N–C) groups is 1. The minimum absolute atomic E-state index is 0. The summed E-state index contributed by atoms with van der Waals surface area (Å²) < 4.78 is 1.91. The molecule has 7 nitrogen and oxygen atoms in total. The highest BCUT2D eigenvalue weighted by atomic mass is 127. The van der Waals surface area contributed by atoms with Crippen LogP contribution in [0.15, 0.2) is 17.4 Å². The Kier molecular flexibility index (Phi) is 8.43. The van der Waals surface area contributed by atoms with Crippen LogP contribution in [0.2, 0.25) is 0 Å². The van der Waals surface area contributed by atoms with Crippen molar-refractivity contribution >= 4 is 29.9 Å². The van der Waals surface area contributed by atoms with Crippen LogP contribution in [-0.2, 0) is 7.05 Å². The number of likely N-dealkylation sites (tertiary alicyclic amines) is 3. The third kappa shape index (κ3) is 5.30. The number of aromatic nitrogens is 2. The number of hydrogen-bond donors (Lipinski definition) is 1. The second-order valence-corrected chi connectivity index (χ2v) is 9.36. The zero-order chi connectivity index (χ0) is 20.3. The summed E-state index contributed by atoms with van der Waals surface area (Å²) in [5.41, 5.74) is 1.64. The Morgan fingerprint density at radius 3 is 2.50 bits per heavy atom. The average molecular weight is 530 g/mol. The predicted octanol–water partition coefficient (Wildman–Crippen LogP) is 2.35. The molecule has 0 saturated carbocycles. The zero-order valence-electron chi connectivity index (χ0n) is 19.0. The number of nitrogens with zero attached hydrogens (tertiary/aromatic N) is 6. The first kappa shape index (κ1) is 23.8. The van der Waals surface area contributed by atoms with Crippen molar-refractivity contribution in [1.82, 2.24) is 29.8 Å². The summed E-state index contributed by atoms with van der Waals surface area (Å²) in [5, 5.41) is 8.16. The van der Waals surface area contributed by atoms with Gasteiger partial charge in [-0.05, 0) is 70.9 Å². The van der Waals surface area contributed by atoms with Crippen LogP contribution in [0.1, 0.15) is 50.0 Å². The van der Waals surface area contributed by atoms with Crippen LogP contribution in [0.3, 0.4) is 0 Å². The van der Waals surface area contributed by atoms with Crippen LogP contribution in [-0.4, -0.2) is 95.9 Å². The molecule has 30 heavy (non-hydrogen) atoms. The van der Waals surface area contributed by atoms with Gasteiger partial charge in [0.05, 0.1) is 6.20 Å². The van der Waals surface area contributed by atoms with Gasteiger partial charge >= 0.3 is 0 Å². The largest absolute Gasteiger partial charge is 0.354 e. The average Bonchev–Trinajstić information content (AvgIpc) is 3.40. The molecule has 0 aromatic carbocycles. The molecule has 170 valence electrons. The third-order valence-electron chi connectivity index (χ3n) is 7.42. The highest BCUT2D eigenvalue weighted by Gasteiger charge is 2.40. The molecule has 0 aliphatic carbocycles. The van der Waals surface area contributed by atoms with E-state index in [1.165, 1.54) is 70.3 Å². The molecule has 0 radical (unpaired) electrons. The maximum Gasteiger partial charge on any atom is 0.193 e. The van der Waals surface area contributed by atoms with Gasteiger partial charge in [-0.25, -0.2) is 0 Å². The molecule has 3 aliphatic heterocycles. The van der Waals surface area contributed by atoms with E-state index in [1.807, 2.05) is 25.0 Å². The molecule has 1 aromatic heterocycles. The van der Waals surface area contributed by atoms with Gasteiger partial charge in [0, 0.05) is 51.4 Å². The fourth-order valence-electron chi connectivity index (χ4n) is 5.46. The van der Waals surface area contributed by atoms with E-state index >= 15 is 0 Å². The Hall–Kier alpha value is -0.870. The third-order valence-corrected chi connectivity index (χ3v) is 7.42. The molecule has 1 atom stereocenters. The van der Waals surface area contributed by atoms with Crippen molar-refractivity contribution in [3.63, 3.8) is 0 Å². The van der Waals surface area contributed by atoms with Crippen LogP contribution >= 0.6 is 24.0 Å². The van der Waals surface area contributed by atoms with Crippen LogP contribution in [0.5, 0.6) is 0 Å². The second kappa shape index (κ2) is 10.6. The van der Waals surface area contributed by atoms with Gasteiger partial charge in [-0.15, -0.1) is 24.0 Å². The summed E-state index contributed by atoms with van der Waals surface area (Å²) >= 11 is 0. The summed E-state index contributed by atoms with van der Waals surface area (Å²) in [6.45, 7) is 8.03. The Labute approximate surface area is 199 Å². The van der Waals surface area contributed by atoms with Gasteiger partial charge in [0.15, 0.2) is 5.96 Å². The molecule has 3 saturated heterocycles. The molecule has 3 fully saturated rings. The quantitative estimate of drug-likeness (QED) is 0.369. The molecule has 1 unspecified atom stereocenters. The lowest BCUT2D eigenvalue weighted by molar-refractivity contribution is 0.0170. The zero-order valence-corrected chi connectivity index (χ0v) is 21.3. The molecule has 4 rings (SSSR count). The van der Waals surface area contributed by atoms with Gasteiger partial charge < -0.3 is 15.1 Å². The highest BCUT2D eigenvalue weighted by molar-refractivity contribution is 14.0. The Morgan fingerprint density at radius 2 is 1.87 bits per heavy atom. The standard InChI is InChI=1S/C22H39N7.HI/c1-23-21(28-12-7-19(17-28)20-15-25-27(3)16-20)24-18-22(8-13-26(2)14-9-22)29-10-5-4-6-11-29;/h15-16,19H,4-14,17-18H2,1-3H3,(H,23,24);1H. The van der Waals surface area contributed by atoms with Gasteiger partial charge in [-0.2, -0.15) is 5.10 Å². The van der Waals surface area contributed by atoms with Crippen molar-refractivity contribution < 1.29 is 0 Å². The second-order valence-electron chi connectivity index (χ2n) is 9.36. The monoisotopic (exact) mass is 529 g/mol.